The van der Waals surface area contributed by atoms with Crippen LogP contribution in [0, 0.1) is 5.82 Å². The second-order valence-corrected chi connectivity index (χ2v) is 3.51. The largest absolute Gasteiger partial charge is 0.465 e. The third-order valence-electron chi connectivity index (χ3n) is 2.20. The van der Waals surface area contributed by atoms with Gasteiger partial charge < -0.3 is 4.74 Å². The molecule has 0 unspecified atom stereocenters. The minimum atomic E-state index is -0.617. The van der Waals surface area contributed by atoms with Crippen molar-refractivity contribution in [3.63, 3.8) is 0 Å². The maximum Gasteiger partial charge on any atom is 0.338 e. The first-order chi connectivity index (χ1) is 7.65. The van der Waals surface area contributed by atoms with Gasteiger partial charge in [0, 0.05) is 6.20 Å². The Morgan fingerprint density at radius 2 is 2.19 bits per heavy atom. The van der Waals surface area contributed by atoms with Crippen LogP contribution in [0.15, 0.2) is 24.4 Å². The van der Waals surface area contributed by atoms with Crippen LogP contribution in [0.1, 0.15) is 10.4 Å². The lowest BCUT2D eigenvalue weighted by Crippen LogP contribution is -2.03. The predicted octanol–water partition coefficient (Wildman–Crippen LogP) is 2.81. The fourth-order valence-corrected chi connectivity index (χ4v) is 1.68. The lowest BCUT2D eigenvalue weighted by Gasteiger charge is -2.05. The molecule has 0 radical (unpaired) electrons. The highest BCUT2D eigenvalue weighted by atomic mass is 35.5. The van der Waals surface area contributed by atoms with Crippen molar-refractivity contribution in [1.29, 1.82) is 0 Å². The van der Waals surface area contributed by atoms with Gasteiger partial charge in [-0.3, -0.25) is 4.98 Å². The van der Waals surface area contributed by atoms with Crippen molar-refractivity contribution in [3.8, 4) is 0 Å². The van der Waals surface area contributed by atoms with Gasteiger partial charge in [0.25, 0.3) is 0 Å². The number of halogens is 2. The number of rotatable bonds is 1. The molecule has 3 nitrogen and oxygen atoms in total. The van der Waals surface area contributed by atoms with Gasteiger partial charge in [-0.1, -0.05) is 11.6 Å². The topological polar surface area (TPSA) is 39.2 Å². The zero-order chi connectivity index (χ0) is 11.7. The number of nitrogens with zero attached hydrogens (tertiary/aromatic N) is 1. The van der Waals surface area contributed by atoms with Crippen molar-refractivity contribution in [2.24, 2.45) is 0 Å². The second-order valence-electron chi connectivity index (χ2n) is 3.10. The molecule has 0 aliphatic heterocycles. The zero-order valence-corrected chi connectivity index (χ0v) is 9.08. The van der Waals surface area contributed by atoms with Gasteiger partial charge in [0.1, 0.15) is 5.82 Å². The number of hydrogen-bond donors (Lipinski definition) is 0. The van der Waals surface area contributed by atoms with Gasteiger partial charge >= 0.3 is 5.97 Å². The molecule has 0 fully saturated rings. The molecule has 2 aromatic rings. The highest BCUT2D eigenvalue weighted by Gasteiger charge is 2.15. The van der Waals surface area contributed by atoms with E-state index in [1.807, 2.05) is 0 Å². The smallest absolute Gasteiger partial charge is 0.338 e. The van der Waals surface area contributed by atoms with Gasteiger partial charge in [-0.15, -0.1) is 0 Å². The van der Waals surface area contributed by atoms with Crippen LogP contribution in [-0.2, 0) is 4.74 Å². The minimum absolute atomic E-state index is 0.0850. The number of aromatic nitrogens is 1. The lowest BCUT2D eigenvalue weighted by molar-refractivity contribution is 0.0602. The Kier molecular flexibility index (Phi) is 2.75. The van der Waals surface area contributed by atoms with E-state index in [0.717, 1.165) is 0 Å². The van der Waals surface area contributed by atoms with Crippen molar-refractivity contribution < 1.29 is 13.9 Å². The number of fused-ring (bicyclic) bond motifs is 1. The van der Waals surface area contributed by atoms with Crippen molar-refractivity contribution in [2.75, 3.05) is 7.11 Å². The zero-order valence-electron chi connectivity index (χ0n) is 8.33. The van der Waals surface area contributed by atoms with Crippen molar-refractivity contribution in [3.05, 3.63) is 40.8 Å². The Morgan fingerprint density at radius 3 is 2.88 bits per heavy atom. The first-order valence-electron chi connectivity index (χ1n) is 4.46. The molecule has 0 atom stereocenters. The number of carbonyl (C=O) groups excluding carboxylic acids is 1. The molecule has 2 rings (SSSR count). The molecule has 1 aromatic heterocycles. The van der Waals surface area contributed by atoms with E-state index < -0.39 is 11.8 Å². The third-order valence-corrected chi connectivity index (χ3v) is 2.50. The minimum Gasteiger partial charge on any atom is -0.465 e. The van der Waals surface area contributed by atoms with E-state index in [4.69, 9.17) is 11.6 Å². The summed E-state index contributed by atoms with van der Waals surface area (Å²) < 4.78 is 18.2. The van der Waals surface area contributed by atoms with Gasteiger partial charge in [-0.2, -0.15) is 0 Å². The van der Waals surface area contributed by atoms with Crippen LogP contribution in [0.4, 0.5) is 4.39 Å². The number of methoxy groups -OCH3 is 1. The first kappa shape index (κ1) is 10.8. The molecule has 0 spiro atoms. The molecular weight excluding hydrogens is 233 g/mol. The Balaban J connectivity index is 2.86. The maximum absolute atomic E-state index is 13.6. The molecule has 0 N–H and O–H groups in total. The molecule has 0 saturated carbocycles. The van der Waals surface area contributed by atoms with Gasteiger partial charge in [0.15, 0.2) is 0 Å². The highest BCUT2D eigenvalue weighted by molar-refractivity contribution is 6.35. The summed E-state index contributed by atoms with van der Waals surface area (Å²) in [5, 5.41) is 0.379. The standard InChI is InChI=1S/C11H7ClFNO2/c1-16-11(15)6-4-5-14-10-7(12)2-3-8(13)9(6)10/h2-5H,1H3. The van der Waals surface area contributed by atoms with Crippen molar-refractivity contribution in [1.82, 2.24) is 4.98 Å². The van der Waals surface area contributed by atoms with E-state index in [1.165, 1.54) is 31.5 Å². The molecule has 5 heteroatoms. The fraction of sp³-hybridized carbons (Fsp3) is 0.0909. The number of carbonyl (C=O) groups is 1. The molecule has 0 aliphatic carbocycles. The van der Waals surface area contributed by atoms with Crippen molar-refractivity contribution in [2.45, 2.75) is 0 Å². The quantitative estimate of drug-likeness (QED) is 0.719. The second kappa shape index (κ2) is 4.06. The van der Waals surface area contributed by atoms with Crippen LogP contribution in [-0.4, -0.2) is 18.1 Å². The monoisotopic (exact) mass is 239 g/mol. The summed E-state index contributed by atoms with van der Waals surface area (Å²) >= 11 is 5.87. The van der Waals surface area contributed by atoms with E-state index in [1.54, 1.807) is 0 Å². The molecule has 0 bridgehead atoms. The van der Waals surface area contributed by atoms with Gasteiger partial charge in [-0.25, -0.2) is 9.18 Å². The molecule has 0 amide bonds. The van der Waals surface area contributed by atoms with Gasteiger partial charge in [0.05, 0.1) is 28.6 Å². The lowest BCUT2D eigenvalue weighted by atomic mass is 10.1. The van der Waals surface area contributed by atoms with Crippen LogP contribution >= 0.6 is 11.6 Å². The average Bonchev–Trinajstić information content (AvgIpc) is 2.32. The third kappa shape index (κ3) is 1.61. The van der Waals surface area contributed by atoms with Crippen LogP contribution in [0.2, 0.25) is 5.02 Å². The summed E-state index contributed by atoms with van der Waals surface area (Å²) in [7, 11) is 1.23. The normalized spacial score (nSPS) is 10.4. The summed E-state index contributed by atoms with van der Waals surface area (Å²) in [6.07, 6.45) is 1.39. The van der Waals surface area contributed by atoms with Crippen LogP contribution < -0.4 is 0 Å². The summed E-state index contributed by atoms with van der Waals surface area (Å²) in [5.74, 6) is -1.17. The predicted molar refractivity (Wildman–Crippen MR) is 58.1 cm³/mol. The van der Waals surface area contributed by atoms with E-state index in [2.05, 4.69) is 9.72 Å². The Labute approximate surface area is 95.8 Å². The van der Waals surface area contributed by atoms with Crippen LogP contribution in [0.25, 0.3) is 10.9 Å². The number of benzene rings is 1. The highest BCUT2D eigenvalue weighted by Crippen LogP contribution is 2.26. The average molecular weight is 240 g/mol. The first-order valence-corrected chi connectivity index (χ1v) is 4.84. The van der Waals surface area contributed by atoms with Crippen LogP contribution in [0.5, 0.6) is 0 Å². The number of ether oxygens (including phenoxy) is 1. The van der Waals surface area contributed by atoms with E-state index in [-0.39, 0.29) is 16.5 Å². The summed E-state index contributed by atoms with van der Waals surface area (Å²) in [6, 6.07) is 3.99. The van der Waals surface area contributed by atoms with Crippen LogP contribution in [0.3, 0.4) is 0 Å². The number of hydrogen-bond acceptors (Lipinski definition) is 3. The SMILES string of the molecule is COC(=O)c1ccnc2c(Cl)ccc(F)c12. The van der Waals surface area contributed by atoms with E-state index >= 15 is 0 Å². The number of pyridine rings is 1. The molecule has 0 saturated heterocycles. The van der Waals surface area contributed by atoms with Crippen molar-refractivity contribution >= 4 is 28.5 Å². The van der Waals surface area contributed by atoms with E-state index in [0.29, 0.717) is 5.02 Å². The number of esters is 1. The Bertz CT molecular complexity index is 571. The summed E-state index contributed by atoms with van der Waals surface area (Å²) in [6.45, 7) is 0. The molecule has 1 aromatic carbocycles. The maximum atomic E-state index is 13.6. The molecule has 16 heavy (non-hydrogen) atoms. The summed E-state index contributed by atoms with van der Waals surface area (Å²) in [4.78, 5) is 15.4. The molecule has 0 aliphatic rings. The molecular formula is C11H7ClFNO2. The summed E-state index contributed by atoms with van der Waals surface area (Å²) in [5.41, 5.74) is 0.372. The Morgan fingerprint density at radius 1 is 1.44 bits per heavy atom. The van der Waals surface area contributed by atoms with E-state index in [9.17, 15) is 9.18 Å². The molecule has 82 valence electrons. The Hall–Kier alpha value is -1.68. The van der Waals surface area contributed by atoms with Gasteiger partial charge in [-0.05, 0) is 18.2 Å². The molecule has 1 heterocycles. The van der Waals surface area contributed by atoms with Gasteiger partial charge in [0.2, 0.25) is 0 Å². The fourth-order valence-electron chi connectivity index (χ4n) is 1.47.